The zero-order valence-corrected chi connectivity index (χ0v) is 15.8. The summed E-state index contributed by atoms with van der Waals surface area (Å²) in [7, 11) is 3.43. The van der Waals surface area contributed by atoms with Gasteiger partial charge in [0.1, 0.15) is 12.4 Å². The van der Waals surface area contributed by atoms with Gasteiger partial charge in [-0.2, -0.15) is 5.10 Å². The molecule has 0 N–H and O–H groups in total. The number of rotatable bonds is 7. The molecule has 1 aromatic heterocycles. The van der Waals surface area contributed by atoms with Gasteiger partial charge in [-0.1, -0.05) is 12.7 Å². The highest BCUT2D eigenvalue weighted by atomic mass is 16.5. The highest BCUT2D eigenvalue weighted by molar-refractivity contribution is 6.08. The number of anilines is 1. The Bertz CT molecular complexity index is 961. The van der Waals surface area contributed by atoms with Gasteiger partial charge < -0.3 is 14.4 Å². The SMILES string of the molecule is C=CCOc1c2ccc(C(=O)N(CC)c3ccc(OC)cc3)cc2nn1C. The number of ether oxygens (including phenoxy) is 2. The predicted octanol–water partition coefficient (Wildman–Crippen LogP) is 3.81. The van der Waals surface area contributed by atoms with Crippen molar-refractivity contribution in [1.82, 2.24) is 9.78 Å². The number of methoxy groups -OCH3 is 1. The molecule has 6 heteroatoms. The Labute approximate surface area is 158 Å². The van der Waals surface area contributed by atoms with Crippen LogP contribution in [-0.2, 0) is 7.05 Å². The van der Waals surface area contributed by atoms with E-state index in [9.17, 15) is 4.79 Å². The Kier molecular flexibility index (Phi) is 5.45. The van der Waals surface area contributed by atoms with Crippen molar-refractivity contribution in [3.63, 3.8) is 0 Å². The van der Waals surface area contributed by atoms with E-state index >= 15 is 0 Å². The molecule has 1 amide bonds. The van der Waals surface area contributed by atoms with Gasteiger partial charge in [-0.15, -0.1) is 0 Å². The number of nitrogens with zero attached hydrogens (tertiary/aromatic N) is 3. The van der Waals surface area contributed by atoms with Crippen molar-refractivity contribution in [3.8, 4) is 11.6 Å². The quantitative estimate of drug-likeness (QED) is 0.598. The molecule has 0 spiro atoms. The molecule has 2 aromatic carbocycles. The summed E-state index contributed by atoms with van der Waals surface area (Å²) in [6.45, 7) is 6.56. The van der Waals surface area contributed by atoms with Crippen LogP contribution in [0.15, 0.2) is 55.1 Å². The molecule has 0 bridgehead atoms. The Morgan fingerprint density at radius 1 is 1.26 bits per heavy atom. The van der Waals surface area contributed by atoms with Crippen LogP contribution in [0.5, 0.6) is 11.6 Å². The van der Waals surface area contributed by atoms with Gasteiger partial charge in [0.25, 0.3) is 5.91 Å². The minimum Gasteiger partial charge on any atom is -0.497 e. The molecule has 0 radical (unpaired) electrons. The van der Waals surface area contributed by atoms with Crippen LogP contribution in [0.1, 0.15) is 17.3 Å². The first-order valence-electron chi connectivity index (χ1n) is 8.75. The van der Waals surface area contributed by atoms with E-state index in [1.54, 1.807) is 34.9 Å². The third-order valence-electron chi connectivity index (χ3n) is 4.31. The van der Waals surface area contributed by atoms with E-state index < -0.39 is 0 Å². The summed E-state index contributed by atoms with van der Waals surface area (Å²) in [6, 6.07) is 12.9. The molecule has 0 unspecified atom stereocenters. The average Bonchev–Trinajstić information content (AvgIpc) is 3.01. The fourth-order valence-corrected chi connectivity index (χ4v) is 2.98. The number of aryl methyl sites for hydroxylation is 1. The largest absolute Gasteiger partial charge is 0.497 e. The Morgan fingerprint density at radius 3 is 2.63 bits per heavy atom. The molecule has 3 rings (SSSR count). The van der Waals surface area contributed by atoms with Crippen molar-refractivity contribution in [3.05, 3.63) is 60.7 Å². The van der Waals surface area contributed by atoms with E-state index in [1.807, 2.05) is 44.3 Å². The summed E-state index contributed by atoms with van der Waals surface area (Å²) >= 11 is 0. The maximum atomic E-state index is 13.1. The molecule has 0 aliphatic heterocycles. The zero-order chi connectivity index (χ0) is 19.4. The molecule has 140 valence electrons. The number of aromatic nitrogens is 2. The van der Waals surface area contributed by atoms with Crippen molar-refractivity contribution in [2.45, 2.75) is 6.92 Å². The maximum absolute atomic E-state index is 13.1. The molecule has 0 saturated carbocycles. The van der Waals surface area contributed by atoms with Gasteiger partial charge in [-0.05, 0) is 49.4 Å². The summed E-state index contributed by atoms with van der Waals surface area (Å²) in [4.78, 5) is 14.8. The lowest BCUT2D eigenvalue weighted by Gasteiger charge is -2.21. The lowest BCUT2D eigenvalue weighted by atomic mass is 10.1. The second kappa shape index (κ2) is 7.95. The van der Waals surface area contributed by atoms with Gasteiger partial charge in [0.05, 0.1) is 18.0 Å². The Morgan fingerprint density at radius 2 is 2.00 bits per heavy atom. The fourth-order valence-electron chi connectivity index (χ4n) is 2.98. The summed E-state index contributed by atoms with van der Waals surface area (Å²) in [5, 5.41) is 5.32. The van der Waals surface area contributed by atoms with Crippen LogP contribution in [0, 0.1) is 0 Å². The number of amides is 1. The summed E-state index contributed by atoms with van der Waals surface area (Å²) in [5.74, 6) is 1.33. The minimum atomic E-state index is -0.0798. The summed E-state index contributed by atoms with van der Waals surface area (Å²) < 4.78 is 12.5. The molecule has 0 atom stereocenters. The third kappa shape index (κ3) is 3.65. The average molecular weight is 365 g/mol. The number of benzene rings is 2. The molecular weight excluding hydrogens is 342 g/mol. The number of hydrogen-bond acceptors (Lipinski definition) is 4. The standard InChI is InChI=1S/C21H23N3O3/c1-5-13-27-21-18-12-7-15(14-19(18)22-23(21)3)20(25)24(6-2)16-8-10-17(26-4)11-9-16/h5,7-12,14H,1,6,13H2,2-4H3. The fraction of sp³-hybridized carbons (Fsp3) is 0.238. The molecule has 0 fully saturated rings. The molecule has 27 heavy (non-hydrogen) atoms. The van der Waals surface area contributed by atoms with Gasteiger partial charge in [0.2, 0.25) is 5.88 Å². The molecule has 0 saturated heterocycles. The van der Waals surface area contributed by atoms with Crippen LogP contribution in [0.3, 0.4) is 0 Å². The molecule has 3 aromatic rings. The van der Waals surface area contributed by atoms with E-state index in [0.29, 0.717) is 30.1 Å². The molecular formula is C21H23N3O3. The van der Waals surface area contributed by atoms with Crippen LogP contribution in [0.2, 0.25) is 0 Å². The van der Waals surface area contributed by atoms with E-state index in [0.717, 1.165) is 16.8 Å². The lowest BCUT2D eigenvalue weighted by molar-refractivity contribution is 0.0988. The maximum Gasteiger partial charge on any atom is 0.258 e. The Hall–Kier alpha value is -3.28. The molecule has 6 nitrogen and oxygen atoms in total. The topological polar surface area (TPSA) is 56.6 Å². The van der Waals surface area contributed by atoms with Gasteiger partial charge in [-0.3, -0.25) is 4.79 Å². The third-order valence-corrected chi connectivity index (χ3v) is 4.31. The highest BCUT2D eigenvalue weighted by Crippen LogP contribution is 2.27. The van der Waals surface area contributed by atoms with Gasteiger partial charge in [-0.25, -0.2) is 4.68 Å². The summed E-state index contributed by atoms with van der Waals surface area (Å²) in [5.41, 5.74) is 2.11. The van der Waals surface area contributed by atoms with Crippen LogP contribution in [0.25, 0.3) is 10.9 Å². The number of carbonyl (C=O) groups is 1. The van der Waals surface area contributed by atoms with E-state index in [-0.39, 0.29) is 5.91 Å². The van der Waals surface area contributed by atoms with E-state index in [4.69, 9.17) is 9.47 Å². The molecule has 0 aliphatic carbocycles. The van der Waals surface area contributed by atoms with Crippen molar-refractivity contribution < 1.29 is 14.3 Å². The zero-order valence-electron chi connectivity index (χ0n) is 15.8. The van der Waals surface area contributed by atoms with Crippen molar-refractivity contribution >= 4 is 22.5 Å². The first-order valence-corrected chi connectivity index (χ1v) is 8.75. The lowest BCUT2D eigenvalue weighted by Crippen LogP contribution is -2.30. The second-order valence-electron chi connectivity index (χ2n) is 6.01. The van der Waals surface area contributed by atoms with Crippen LogP contribution >= 0.6 is 0 Å². The first kappa shape index (κ1) is 18.5. The van der Waals surface area contributed by atoms with Crippen molar-refractivity contribution in [1.29, 1.82) is 0 Å². The monoisotopic (exact) mass is 365 g/mol. The van der Waals surface area contributed by atoms with Crippen molar-refractivity contribution in [2.75, 3.05) is 25.2 Å². The first-order chi connectivity index (χ1) is 13.1. The summed E-state index contributed by atoms with van der Waals surface area (Å²) in [6.07, 6.45) is 1.69. The number of fused-ring (bicyclic) bond motifs is 1. The van der Waals surface area contributed by atoms with Crippen molar-refractivity contribution in [2.24, 2.45) is 7.05 Å². The smallest absolute Gasteiger partial charge is 0.258 e. The predicted molar refractivity (Wildman–Crippen MR) is 107 cm³/mol. The Balaban J connectivity index is 1.92. The number of hydrogen-bond donors (Lipinski definition) is 0. The minimum absolute atomic E-state index is 0.0798. The van der Waals surface area contributed by atoms with Crippen LogP contribution in [-0.4, -0.2) is 35.9 Å². The van der Waals surface area contributed by atoms with Crippen LogP contribution in [0.4, 0.5) is 5.69 Å². The van der Waals surface area contributed by atoms with E-state index in [1.165, 1.54) is 0 Å². The molecule has 0 aliphatic rings. The highest BCUT2D eigenvalue weighted by Gasteiger charge is 2.18. The van der Waals surface area contributed by atoms with Crippen LogP contribution < -0.4 is 14.4 Å². The number of carbonyl (C=O) groups excluding carboxylic acids is 1. The van der Waals surface area contributed by atoms with Gasteiger partial charge in [0.15, 0.2) is 0 Å². The van der Waals surface area contributed by atoms with Gasteiger partial charge >= 0.3 is 0 Å². The normalized spacial score (nSPS) is 10.6. The van der Waals surface area contributed by atoms with E-state index in [2.05, 4.69) is 11.7 Å². The molecule has 1 heterocycles. The second-order valence-corrected chi connectivity index (χ2v) is 6.01. The van der Waals surface area contributed by atoms with Gasteiger partial charge in [0, 0.05) is 24.8 Å².